The smallest absolute Gasteiger partial charge is 0.248 e. The van der Waals surface area contributed by atoms with Gasteiger partial charge in [0.2, 0.25) is 21.7 Å². The number of nitrogens with zero attached hydrogens (tertiary/aromatic N) is 1. The molecular formula is C21H24N2O6S. The molecule has 30 heavy (non-hydrogen) atoms. The Morgan fingerprint density at radius 2 is 1.67 bits per heavy atom. The van der Waals surface area contributed by atoms with Crippen molar-refractivity contribution in [1.82, 2.24) is 0 Å². The first-order valence-electron chi connectivity index (χ1n) is 9.27. The summed E-state index contributed by atoms with van der Waals surface area (Å²) < 4.78 is 41.3. The molecule has 8 nitrogen and oxygen atoms in total. The summed E-state index contributed by atoms with van der Waals surface area (Å²) in [6, 6.07) is 10.2. The van der Waals surface area contributed by atoms with Crippen LogP contribution in [0.1, 0.15) is 12.0 Å². The van der Waals surface area contributed by atoms with Crippen LogP contribution in [-0.2, 0) is 14.8 Å². The van der Waals surface area contributed by atoms with E-state index in [1.807, 2.05) is 0 Å². The van der Waals surface area contributed by atoms with Crippen molar-refractivity contribution in [3.05, 3.63) is 48.0 Å². The number of methoxy groups -OCH3 is 3. The van der Waals surface area contributed by atoms with Gasteiger partial charge in [-0.05, 0) is 54.5 Å². The number of sulfonamides is 1. The minimum atomic E-state index is -3.23. The van der Waals surface area contributed by atoms with Crippen LogP contribution in [0.25, 0.3) is 6.08 Å². The fourth-order valence-corrected chi connectivity index (χ4v) is 4.76. The first kappa shape index (κ1) is 21.5. The van der Waals surface area contributed by atoms with E-state index in [2.05, 4.69) is 5.32 Å². The number of rotatable bonds is 7. The normalized spacial score (nSPS) is 15.2. The average molecular weight is 432 g/mol. The maximum Gasteiger partial charge on any atom is 0.248 e. The predicted molar refractivity (Wildman–Crippen MR) is 116 cm³/mol. The van der Waals surface area contributed by atoms with Crippen LogP contribution in [-0.4, -0.2) is 48.0 Å². The molecule has 0 aromatic heterocycles. The molecule has 1 N–H and O–H groups in total. The van der Waals surface area contributed by atoms with Gasteiger partial charge in [0.1, 0.15) is 0 Å². The molecular weight excluding hydrogens is 408 g/mol. The molecule has 1 heterocycles. The molecule has 9 heteroatoms. The van der Waals surface area contributed by atoms with Crippen LogP contribution >= 0.6 is 0 Å². The SMILES string of the molecule is COc1cc(/C=C/C(=O)Nc2ccc(N3CCCS3(=O)=O)cc2)cc(OC)c1OC. The van der Waals surface area contributed by atoms with Crippen LogP contribution in [0.15, 0.2) is 42.5 Å². The molecule has 1 amide bonds. The van der Waals surface area contributed by atoms with Crippen LogP contribution in [0, 0.1) is 0 Å². The minimum Gasteiger partial charge on any atom is -0.493 e. The van der Waals surface area contributed by atoms with Crippen LogP contribution in [0.3, 0.4) is 0 Å². The third kappa shape index (κ3) is 4.68. The highest BCUT2D eigenvalue weighted by Gasteiger charge is 2.28. The van der Waals surface area contributed by atoms with E-state index in [4.69, 9.17) is 14.2 Å². The highest BCUT2D eigenvalue weighted by Crippen LogP contribution is 2.38. The van der Waals surface area contributed by atoms with Gasteiger partial charge in [-0.15, -0.1) is 0 Å². The van der Waals surface area contributed by atoms with Gasteiger partial charge in [-0.1, -0.05) is 0 Å². The van der Waals surface area contributed by atoms with Crippen molar-refractivity contribution in [3.63, 3.8) is 0 Å². The van der Waals surface area contributed by atoms with Gasteiger partial charge < -0.3 is 19.5 Å². The Morgan fingerprint density at radius 3 is 2.17 bits per heavy atom. The Labute approximate surface area is 176 Å². The van der Waals surface area contributed by atoms with E-state index < -0.39 is 10.0 Å². The quantitative estimate of drug-likeness (QED) is 0.676. The lowest BCUT2D eigenvalue weighted by Gasteiger charge is -2.17. The van der Waals surface area contributed by atoms with Gasteiger partial charge >= 0.3 is 0 Å². The number of carbonyl (C=O) groups excluding carboxylic acids is 1. The Hall–Kier alpha value is -3.20. The highest BCUT2D eigenvalue weighted by atomic mass is 32.2. The number of hydrogen-bond donors (Lipinski definition) is 1. The van der Waals surface area contributed by atoms with E-state index in [-0.39, 0.29) is 11.7 Å². The van der Waals surface area contributed by atoms with Crippen molar-refractivity contribution in [2.75, 3.05) is 43.2 Å². The molecule has 1 aliphatic rings. The molecule has 1 fully saturated rings. The van der Waals surface area contributed by atoms with Crippen LogP contribution < -0.4 is 23.8 Å². The fourth-order valence-electron chi connectivity index (χ4n) is 3.19. The van der Waals surface area contributed by atoms with E-state index in [0.29, 0.717) is 47.2 Å². The number of hydrogen-bond acceptors (Lipinski definition) is 6. The topological polar surface area (TPSA) is 94.2 Å². The van der Waals surface area contributed by atoms with Crippen molar-refractivity contribution in [3.8, 4) is 17.2 Å². The third-order valence-electron chi connectivity index (χ3n) is 4.64. The first-order chi connectivity index (χ1) is 14.4. The molecule has 1 aliphatic heterocycles. The number of benzene rings is 2. The molecule has 2 aromatic rings. The summed E-state index contributed by atoms with van der Waals surface area (Å²) in [5, 5.41) is 2.75. The van der Waals surface area contributed by atoms with Crippen LogP contribution in [0.2, 0.25) is 0 Å². The Bertz CT molecular complexity index is 1020. The van der Waals surface area contributed by atoms with Crippen molar-refractivity contribution < 1.29 is 27.4 Å². The standard InChI is InChI=1S/C21H24N2O6S/c1-27-18-13-15(14-19(28-2)21(18)29-3)5-10-20(24)22-16-6-8-17(9-7-16)23-11-4-12-30(23,25)26/h5-10,13-14H,4,11-12H2,1-3H3,(H,22,24)/b10-5+. The Balaban J connectivity index is 1.69. The largest absolute Gasteiger partial charge is 0.493 e. The fraction of sp³-hybridized carbons (Fsp3) is 0.286. The van der Waals surface area contributed by atoms with Crippen molar-refractivity contribution in [2.24, 2.45) is 0 Å². The van der Waals surface area contributed by atoms with Gasteiger partial charge in [0, 0.05) is 18.3 Å². The van der Waals surface area contributed by atoms with E-state index in [1.165, 1.54) is 31.7 Å². The lowest BCUT2D eigenvalue weighted by atomic mass is 10.1. The van der Waals surface area contributed by atoms with Crippen LogP contribution in [0.4, 0.5) is 11.4 Å². The highest BCUT2D eigenvalue weighted by molar-refractivity contribution is 7.93. The summed E-state index contributed by atoms with van der Waals surface area (Å²) in [6.07, 6.45) is 3.64. The zero-order valence-electron chi connectivity index (χ0n) is 17.0. The molecule has 0 spiro atoms. The van der Waals surface area contributed by atoms with Gasteiger partial charge in [-0.25, -0.2) is 8.42 Å². The molecule has 1 saturated heterocycles. The summed E-state index contributed by atoms with van der Waals surface area (Å²) in [5.74, 6) is 1.29. The third-order valence-corrected chi connectivity index (χ3v) is 6.51. The van der Waals surface area contributed by atoms with Gasteiger partial charge in [-0.2, -0.15) is 0 Å². The second-order valence-electron chi connectivity index (χ2n) is 6.57. The molecule has 0 aliphatic carbocycles. The van der Waals surface area contributed by atoms with Gasteiger partial charge in [0.25, 0.3) is 0 Å². The summed E-state index contributed by atoms with van der Waals surface area (Å²) >= 11 is 0. The van der Waals surface area contributed by atoms with E-state index in [0.717, 1.165) is 0 Å². The number of amides is 1. The predicted octanol–water partition coefficient (Wildman–Crippen LogP) is 2.90. The van der Waals surface area contributed by atoms with Crippen LogP contribution in [0.5, 0.6) is 17.2 Å². The molecule has 0 radical (unpaired) electrons. The zero-order chi connectivity index (χ0) is 21.7. The van der Waals surface area contributed by atoms with Crippen molar-refractivity contribution in [2.45, 2.75) is 6.42 Å². The molecule has 0 bridgehead atoms. The number of nitrogens with one attached hydrogen (secondary N) is 1. The summed E-state index contributed by atoms with van der Waals surface area (Å²) in [5.41, 5.74) is 1.86. The number of ether oxygens (including phenoxy) is 3. The second kappa shape index (κ2) is 9.08. The zero-order valence-corrected chi connectivity index (χ0v) is 17.9. The number of anilines is 2. The Morgan fingerprint density at radius 1 is 1.03 bits per heavy atom. The average Bonchev–Trinajstić information content (AvgIpc) is 3.10. The van der Waals surface area contributed by atoms with Gasteiger partial charge in [0.05, 0.1) is 32.8 Å². The first-order valence-corrected chi connectivity index (χ1v) is 10.9. The minimum absolute atomic E-state index is 0.164. The lowest BCUT2D eigenvalue weighted by Crippen LogP contribution is -2.24. The van der Waals surface area contributed by atoms with E-state index in [9.17, 15) is 13.2 Å². The monoisotopic (exact) mass is 432 g/mol. The van der Waals surface area contributed by atoms with Gasteiger partial charge in [0.15, 0.2) is 11.5 Å². The summed E-state index contributed by atoms with van der Waals surface area (Å²) in [6.45, 7) is 0.478. The molecule has 3 rings (SSSR count). The van der Waals surface area contributed by atoms with E-state index >= 15 is 0 Å². The molecule has 2 aromatic carbocycles. The second-order valence-corrected chi connectivity index (χ2v) is 8.58. The van der Waals surface area contributed by atoms with Crippen molar-refractivity contribution >= 4 is 33.4 Å². The van der Waals surface area contributed by atoms with E-state index in [1.54, 1.807) is 42.5 Å². The molecule has 0 atom stereocenters. The Kier molecular flexibility index (Phi) is 6.51. The molecule has 0 saturated carbocycles. The summed E-state index contributed by atoms with van der Waals surface area (Å²) in [7, 11) is 1.34. The maximum absolute atomic E-state index is 12.3. The van der Waals surface area contributed by atoms with Crippen molar-refractivity contribution in [1.29, 1.82) is 0 Å². The summed E-state index contributed by atoms with van der Waals surface area (Å²) in [4.78, 5) is 12.3. The maximum atomic E-state index is 12.3. The van der Waals surface area contributed by atoms with Gasteiger partial charge in [-0.3, -0.25) is 9.10 Å². The molecule has 160 valence electrons. The lowest BCUT2D eigenvalue weighted by molar-refractivity contribution is -0.111. The molecule has 0 unspecified atom stereocenters. The number of carbonyl (C=O) groups is 1.